The summed E-state index contributed by atoms with van der Waals surface area (Å²) in [4.78, 5) is 4.98. The Morgan fingerprint density at radius 2 is 1.24 bits per heavy atom. The lowest BCUT2D eigenvalue weighted by atomic mass is 9.87. The Balaban J connectivity index is 1.60. The standard InChI is InChI=1S/C31H29NO/c1-20(2)25-14-9-15-26(21(3)4)31(25)30-19-28-29(33-30)17-16-27(32-28)24-13-8-12-23(18-24)22-10-6-5-7-11-22/h5-21H,1-4H3. The molecule has 5 aromatic rings. The summed E-state index contributed by atoms with van der Waals surface area (Å²) in [5.74, 6) is 1.73. The van der Waals surface area contributed by atoms with Crippen LogP contribution in [0.5, 0.6) is 0 Å². The van der Waals surface area contributed by atoms with Crippen molar-refractivity contribution in [1.82, 2.24) is 4.98 Å². The second-order valence-electron chi connectivity index (χ2n) is 9.26. The SMILES string of the molecule is CC(C)c1cccc(C(C)C)c1-c1cc2nc(-c3cccc(-c4ccccc4)c3)ccc2o1. The van der Waals surface area contributed by atoms with Gasteiger partial charge in [0.25, 0.3) is 0 Å². The first-order valence-electron chi connectivity index (χ1n) is 11.7. The van der Waals surface area contributed by atoms with E-state index in [9.17, 15) is 0 Å². The molecule has 3 aromatic carbocycles. The molecule has 0 radical (unpaired) electrons. The van der Waals surface area contributed by atoms with Crippen LogP contribution in [0, 0.1) is 0 Å². The number of rotatable bonds is 5. The van der Waals surface area contributed by atoms with Crippen LogP contribution in [0.3, 0.4) is 0 Å². The van der Waals surface area contributed by atoms with Gasteiger partial charge in [0.05, 0.1) is 5.69 Å². The molecule has 0 unspecified atom stereocenters. The van der Waals surface area contributed by atoms with Crippen LogP contribution in [0.15, 0.2) is 95.4 Å². The molecule has 0 bridgehead atoms. The summed E-state index contributed by atoms with van der Waals surface area (Å²) in [7, 11) is 0. The van der Waals surface area contributed by atoms with Gasteiger partial charge in [-0.15, -0.1) is 0 Å². The van der Waals surface area contributed by atoms with E-state index in [1.54, 1.807) is 0 Å². The fourth-order valence-corrected chi connectivity index (χ4v) is 4.53. The molecule has 0 fully saturated rings. The van der Waals surface area contributed by atoms with Crippen molar-refractivity contribution in [1.29, 1.82) is 0 Å². The summed E-state index contributed by atoms with van der Waals surface area (Å²) in [6.45, 7) is 8.95. The van der Waals surface area contributed by atoms with Crippen molar-refractivity contribution in [3.8, 4) is 33.7 Å². The molecule has 33 heavy (non-hydrogen) atoms. The first-order valence-corrected chi connectivity index (χ1v) is 11.7. The normalized spacial score (nSPS) is 11.6. The first-order chi connectivity index (χ1) is 16.0. The van der Waals surface area contributed by atoms with E-state index in [4.69, 9.17) is 9.40 Å². The number of hydrogen-bond acceptors (Lipinski definition) is 2. The van der Waals surface area contributed by atoms with E-state index in [1.165, 1.54) is 27.8 Å². The Kier molecular flexibility index (Phi) is 5.60. The van der Waals surface area contributed by atoms with E-state index >= 15 is 0 Å². The number of fused-ring (bicyclic) bond motifs is 1. The fourth-order valence-electron chi connectivity index (χ4n) is 4.53. The van der Waals surface area contributed by atoms with E-state index in [0.717, 1.165) is 28.1 Å². The first kappa shape index (κ1) is 21.2. The summed E-state index contributed by atoms with van der Waals surface area (Å²) in [5.41, 5.74) is 10.0. The molecular weight excluding hydrogens is 402 g/mol. The summed E-state index contributed by atoms with van der Waals surface area (Å²) in [6.07, 6.45) is 0. The predicted octanol–water partition coefficient (Wildman–Crippen LogP) is 9.08. The van der Waals surface area contributed by atoms with Crippen LogP contribution in [0.4, 0.5) is 0 Å². The lowest BCUT2D eigenvalue weighted by molar-refractivity contribution is 0.626. The number of nitrogens with zero attached hydrogens (tertiary/aromatic N) is 1. The molecule has 0 saturated heterocycles. The number of benzene rings is 3. The number of aromatic nitrogens is 1. The van der Waals surface area contributed by atoms with Crippen molar-refractivity contribution < 1.29 is 4.42 Å². The monoisotopic (exact) mass is 431 g/mol. The average molecular weight is 432 g/mol. The zero-order chi connectivity index (χ0) is 22.9. The third-order valence-electron chi connectivity index (χ3n) is 6.26. The van der Waals surface area contributed by atoms with Crippen LogP contribution in [-0.4, -0.2) is 4.98 Å². The fraction of sp³-hybridized carbons (Fsp3) is 0.194. The Morgan fingerprint density at radius 1 is 0.606 bits per heavy atom. The second-order valence-corrected chi connectivity index (χ2v) is 9.26. The third-order valence-corrected chi connectivity index (χ3v) is 6.26. The van der Waals surface area contributed by atoms with Gasteiger partial charge in [0.1, 0.15) is 11.3 Å². The van der Waals surface area contributed by atoms with Gasteiger partial charge in [-0.1, -0.05) is 94.4 Å². The number of pyridine rings is 1. The highest BCUT2D eigenvalue weighted by molar-refractivity contribution is 5.84. The quantitative estimate of drug-likeness (QED) is 0.277. The van der Waals surface area contributed by atoms with Gasteiger partial charge in [0.15, 0.2) is 5.58 Å². The van der Waals surface area contributed by atoms with Crippen molar-refractivity contribution in [2.45, 2.75) is 39.5 Å². The zero-order valence-corrected chi connectivity index (χ0v) is 19.7. The van der Waals surface area contributed by atoms with E-state index < -0.39 is 0 Å². The van der Waals surface area contributed by atoms with Crippen molar-refractivity contribution >= 4 is 11.1 Å². The summed E-state index contributed by atoms with van der Waals surface area (Å²) >= 11 is 0. The van der Waals surface area contributed by atoms with Gasteiger partial charge in [0, 0.05) is 17.2 Å². The van der Waals surface area contributed by atoms with E-state index in [2.05, 4.69) is 107 Å². The van der Waals surface area contributed by atoms with Crippen molar-refractivity contribution in [3.05, 3.63) is 102 Å². The highest BCUT2D eigenvalue weighted by Crippen LogP contribution is 2.39. The molecule has 0 N–H and O–H groups in total. The molecule has 2 heteroatoms. The molecule has 0 aliphatic heterocycles. The highest BCUT2D eigenvalue weighted by Gasteiger charge is 2.19. The lowest BCUT2D eigenvalue weighted by Gasteiger charge is -2.17. The second kappa shape index (κ2) is 8.71. The lowest BCUT2D eigenvalue weighted by Crippen LogP contribution is -1.98. The molecule has 0 atom stereocenters. The summed E-state index contributed by atoms with van der Waals surface area (Å²) in [5, 5.41) is 0. The molecule has 0 aliphatic carbocycles. The molecule has 0 saturated carbocycles. The van der Waals surface area contributed by atoms with Crippen LogP contribution >= 0.6 is 0 Å². The largest absolute Gasteiger partial charge is 0.454 e. The van der Waals surface area contributed by atoms with Gasteiger partial charge in [0.2, 0.25) is 0 Å². The maximum Gasteiger partial charge on any atom is 0.153 e. The Bertz CT molecular complexity index is 1380. The van der Waals surface area contributed by atoms with Gasteiger partial charge in [-0.2, -0.15) is 0 Å². The molecule has 164 valence electrons. The molecule has 2 nitrogen and oxygen atoms in total. The minimum absolute atomic E-state index is 0.413. The summed E-state index contributed by atoms with van der Waals surface area (Å²) in [6, 6.07) is 31.8. The maximum atomic E-state index is 6.36. The predicted molar refractivity (Wildman–Crippen MR) is 138 cm³/mol. The third kappa shape index (κ3) is 4.09. The van der Waals surface area contributed by atoms with E-state index in [1.807, 2.05) is 12.1 Å². The molecular formula is C31H29NO. The average Bonchev–Trinajstić information content (AvgIpc) is 3.27. The van der Waals surface area contributed by atoms with Crippen molar-refractivity contribution in [2.24, 2.45) is 0 Å². The minimum atomic E-state index is 0.413. The Morgan fingerprint density at radius 3 is 1.94 bits per heavy atom. The van der Waals surface area contributed by atoms with Crippen molar-refractivity contribution in [2.75, 3.05) is 0 Å². The van der Waals surface area contributed by atoms with E-state index in [-0.39, 0.29) is 0 Å². The maximum absolute atomic E-state index is 6.36. The van der Waals surface area contributed by atoms with Gasteiger partial charge in [-0.3, -0.25) is 0 Å². The van der Waals surface area contributed by atoms with Crippen LogP contribution in [0.25, 0.3) is 44.8 Å². The molecule has 2 heterocycles. The zero-order valence-electron chi connectivity index (χ0n) is 19.7. The Hall–Kier alpha value is -3.65. The van der Waals surface area contributed by atoms with Gasteiger partial charge < -0.3 is 4.42 Å². The number of hydrogen-bond donors (Lipinski definition) is 0. The van der Waals surface area contributed by atoms with Crippen LogP contribution in [0.2, 0.25) is 0 Å². The summed E-state index contributed by atoms with van der Waals surface area (Å²) < 4.78 is 6.36. The molecule has 2 aromatic heterocycles. The van der Waals surface area contributed by atoms with E-state index in [0.29, 0.717) is 11.8 Å². The van der Waals surface area contributed by atoms with Crippen LogP contribution in [0.1, 0.15) is 50.7 Å². The number of furan rings is 1. The smallest absolute Gasteiger partial charge is 0.153 e. The highest BCUT2D eigenvalue weighted by atomic mass is 16.3. The Labute approximate surface area is 195 Å². The van der Waals surface area contributed by atoms with Gasteiger partial charge in [-0.05, 0) is 52.3 Å². The van der Waals surface area contributed by atoms with Gasteiger partial charge in [-0.25, -0.2) is 4.98 Å². The topological polar surface area (TPSA) is 26.0 Å². The molecule has 0 spiro atoms. The minimum Gasteiger partial charge on any atom is -0.454 e. The van der Waals surface area contributed by atoms with Crippen molar-refractivity contribution in [3.63, 3.8) is 0 Å². The molecule has 0 aliphatic rings. The van der Waals surface area contributed by atoms with Gasteiger partial charge >= 0.3 is 0 Å². The molecule has 5 rings (SSSR count). The molecule has 0 amide bonds. The van der Waals surface area contributed by atoms with Crippen LogP contribution < -0.4 is 0 Å². The van der Waals surface area contributed by atoms with Crippen LogP contribution in [-0.2, 0) is 0 Å².